The van der Waals surface area contributed by atoms with Crippen molar-refractivity contribution in [1.29, 1.82) is 0 Å². The lowest BCUT2D eigenvalue weighted by molar-refractivity contribution is -0.154. The first-order valence-corrected chi connectivity index (χ1v) is 11.3. The highest BCUT2D eigenvalue weighted by Gasteiger charge is 2.34. The van der Waals surface area contributed by atoms with E-state index in [9.17, 15) is 13.2 Å². The van der Waals surface area contributed by atoms with Gasteiger partial charge in [-0.05, 0) is 39.0 Å². The van der Waals surface area contributed by atoms with Crippen LogP contribution in [0.25, 0.3) is 0 Å². The van der Waals surface area contributed by atoms with Crippen LogP contribution in [-0.4, -0.2) is 61.9 Å². The Morgan fingerprint density at radius 3 is 1.86 bits per heavy atom. The van der Waals surface area contributed by atoms with Gasteiger partial charge in [0.2, 0.25) is 10.0 Å². The third kappa shape index (κ3) is 10.4. The lowest BCUT2D eigenvalue weighted by Crippen LogP contribution is -2.51. The van der Waals surface area contributed by atoms with Gasteiger partial charge in [-0.25, -0.2) is 8.42 Å². The maximum atomic E-state index is 12.3. The number of sulfonamides is 1. The summed E-state index contributed by atoms with van der Waals surface area (Å²) in [6.07, 6.45) is 0.404. The minimum Gasteiger partial charge on any atom is -0.462 e. The van der Waals surface area contributed by atoms with Crippen molar-refractivity contribution in [3.63, 3.8) is 0 Å². The summed E-state index contributed by atoms with van der Waals surface area (Å²) in [5.41, 5.74) is 5.06. The molecule has 0 radical (unpaired) electrons. The van der Waals surface area contributed by atoms with Crippen LogP contribution in [0.3, 0.4) is 0 Å². The molecule has 0 spiro atoms. The zero-order valence-electron chi connectivity index (χ0n) is 19.1. The van der Waals surface area contributed by atoms with Gasteiger partial charge in [0.05, 0.1) is 12.4 Å². The van der Waals surface area contributed by atoms with Crippen LogP contribution in [0.2, 0.25) is 0 Å². The van der Waals surface area contributed by atoms with Crippen LogP contribution in [0.4, 0.5) is 0 Å². The summed E-state index contributed by atoms with van der Waals surface area (Å²) in [5.74, 6) is -0.559. The number of hydrogen-bond donors (Lipinski definition) is 1. The number of esters is 1. The molecule has 0 heterocycles. The summed E-state index contributed by atoms with van der Waals surface area (Å²) in [6, 6.07) is -0.723. The molecule has 2 N–H and O–H groups in total. The predicted octanol–water partition coefficient (Wildman–Crippen LogP) is 2.81. The maximum absolute atomic E-state index is 12.3. The first-order chi connectivity index (χ1) is 11.9. The van der Waals surface area contributed by atoms with Crippen molar-refractivity contribution in [1.82, 2.24) is 4.31 Å². The highest BCUT2D eigenvalue weighted by atomic mass is 35.5. The van der Waals surface area contributed by atoms with Crippen LogP contribution in [0, 0.1) is 11.3 Å². The molecule has 7 nitrogen and oxygen atoms in total. The van der Waals surface area contributed by atoms with Gasteiger partial charge in [-0.2, -0.15) is 4.31 Å². The van der Waals surface area contributed by atoms with E-state index in [1.807, 2.05) is 62.3 Å². The predicted molar refractivity (Wildman–Crippen MR) is 116 cm³/mol. The third-order valence-corrected chi connectivity index (χ3v) is 6.03. The molecule has 3 atom stereocenters. The molecule has 0 aromatic rings. The molecule has 0 aromatic heterocycles. The number of nitrogens with two attached hydrogens (primary N) is 1. The van der Waals surface area contributed by atoms with Gasteiger partial charge in [0.15, 0.2) is 0 Å². The van der Waals surface area contributed by atoms with Crippen molar-refractivity contribution >= 4 is 28.4 Å². The van der Waals surface area contributed by atoms with Crippen molar-refractivity contribution in [2.45, 2.75) is 86.1 Å². The molecule has 0 saturated carbocycles. The van der Waals surface area contributed by atoms with Crippen LogP contribution < -0.4 is 5.73 Å². The zero-order chi connectivity index (χ0) is 21.8. The summed E-state index contributed by atoms with van der Waals surface area (Å²) < 4.78 is 37.4. The number of ether oxygens (including phenoxy) is 2. The van der Waals surface area contributed by atoms with Gasteiger partial charge in [0.25, 0.3) is 0 Å². The first-order valence-electron chi connectivity index (χ1n) is 9.42. The number of nitrogens with zero attached hydrogens (tertiary/aromatic N) is 1. The molecule has 0 bridgehead atoms. The van der Waals surface area contributed by atoms with Crippen LogP contribution in [-0.2, 0) is 24.3 Å². The maximum Gasteiger partial charge on any atom is 0.323 e. The first kappa shape index (κ1) is 29.8. The fourth-order valence-electron chi connectivity index (χ4n) is 2.26. The molecule has 28 heavy (non-hydrogen) atoms. The monoisotopic (exact) mass is 444 g/mol. The number of hydrogen-bond acceptors (Lipinski definition) is 6. The zero-order valence-corrected chi connectivity index (χ0v) is 20.7. The van der Waals surface area contributed by atoms with Gasteiger partial charge in [-0.1, -0.05) is 34.6 Å². The van der Waals surface area contributed by atoms with E-state index in [2.05, 4.69) is 0 Å². The number of carbonyl (C=O) groups is 1. The smallest absolute Gasteiger partial charge is 0.323 e. The Morgan fingerprint density at radius 1 is 1.07 bits per heavy atom. The van der Waals surface area contributed by atoms with Crippen molar-refractivity contribution in [3.8, 4) is 0 Å². The summed E-state index contributed by atoms with van der Waals surface area (Å²) in [4.78, 5) is 12.1. The average Bonchev–Trinajstić information content (AvgIpc) is 2.44. The molecular formula is C19H41ClN2O5S. The second-order valence-corrected chi connectivity index (χ2v) is 11.5. The van der Waals surface area contributed by atoms with E-state index in [4.69, 9.17) is 15.2 Å². The summed E-state index contributed by atoms with van der Waals surface area (Å²) >= 11 is 0. The Kier molecular flexibility index (Phi) is 11.8. The molecule has 0 saturated heterocycles. The van der Waals surface area contributed by atoms with Crippen molar-refractivity contribution in [2.75, 3.05) is 19.4 Å². The van der Waals surface area contributed by atoms with Gasteiger partial charge < -0.3 is 15.2 Å². The SMILES string of the molecule is CC(C)[C@@H](N)C(=O)OC[C@H](CN(C(C)(C)C)S(C)(=O)=O)O[C@@H](C)C(C)(C)C.Cl. The molecule has 170 valence electrons. The van der Waals surface area contributed by atoms with Gasteiger partial charge in [-0.15, -0.1) is 12.4 Å². The topological polar surface area (TPSA) is 98.9 Å². The van der Waals surface area contributed by atoms with Gasteiger partial charge in [0, 0.05) is 12.1 Å². The van der Waals surface area contributed by atoms with Crippen LogP contribution in [0.5, 0.6) is 0 Å². The standard InChI is InChI=1S/C19H40N2O5S.ClH/c1-13(2)16(20)17(22)25-12-15(26-14(3)18(4,5)6)11-21(19(7,8)9)27(10,23)24;/h13-16H,11-12,20H2,1-10H3;1H/t14-,15-,16+;/m0./s1. The van der Waals surface area contributed by atoms with Crippen LogP contribution >= 0.6 is 12.4 Å². The third-order valence-electron chi connectivity index (χ3n) is 4.54. The number of halogens is 1. The van der Waals surface area contributed by atoms with E-state index < -0.39 is 33.7 Å². The quantitative estimate of drug-likeness (QED) is 0.549. The highest BCUT2D eigenvalue weighted by molar-refractivity contribution is 7.88. The largest absolute Gasteiger partial charge is 0.462 e. The molecule has 0 aromatic carbocycles. The van der Waals surface area contributed by atoms with E-state index in [0.29, 0.717) is 0 Å². The Labute approximate surface area is 178 Å². The van der Waals surface area contributed by atoms with E-state index in [0.717, 1.165) is 0 Å². The van der Waals surface area contributed by atoms with Crippen molar-refractivity contribution in [2.24, 2.45) is 17.1 Å². The highest BCUT2D eigenvalue weighted by Crippen LogP contribution is 2.25. The van der Waals surface area contributed by atoms with E-state index in [-0.39, 0.29) is 43.0 Å². The van der Waals surface area contributed by atoms with E-state index in [1.54, 1.807) is 0 Å². The molecule has 0 unspecified atom stereocenters. The lowest BCUT2D eigenvalue weighted by Gasteiger charge is -2.38. The van der Waals surface area contributed by atoms with Gasteiger partial charge in [-0.3, -0.25) is 4.79 Å². The molecule has 0 aliphatic heterocycles. The number of rotatable bonds is 9. The molecule has 0 amide bonds. The second-order valence-electron chi connectivity index (χ2n) is 9.63. The van der Waals surface area contributed by atoms with Gasteiger partial charge in [0.1, 0.15) is 18.8 Å². The Hall–Kier alpha value is -0.410. The molecule has 0 fully saturated rings. The molecule has 0 aliphatic rings. The molecular weight excluding hydrogens is 404 g/mol. The molecule has 0 aliphatic carbocycles. The van der Waals surface area contributed by atoms with E-state index in [1.165, 1.54) is 10.6 Å². The summed E-state index contributed by atoms with van der Waals surface area (Å²) in [7, 11) is -3.47. The second kappa shape index (κ2) is 11.1. The fraction of sp³-hybridized carbons (Fsp3) is 0.947. The van der Waals surface area contributed by atoms with Crippen molar-refractivity contribution in [3.05, 3.63) is 0 Å². The summed E-state index contributed by atoms with van der Waals surface area (Å²) in [5, 5.41) is 0. The molecule has 0 rings (SSSR count). The lowest BCUT2D eigenvalue weighted by atomic mass is 9.90. The van der Waals surface area contributed by atoms with Crippen LogP contribution in [0.15, 0.2) is 0 Å². The van der Waals surface area contributed by atoms with Crippen molar-refractivity contribution < 1.29 is 22.7 Å². The van der Waals surface area contributed by atoms with Crippen LogP contribution in [0.1, 0.15) is 62.3 Å². The minimum atomic E-state index is -3.47. The van der Waals surface area contributed by atoms with E-state index >= 15 is 0 Å². The average molecular weight is 445 g/mol. The Bertz CT molecular complexity index is 582. The van der Waals surface area contributed by atoms with Gasteiger partial charge >= 0.3 is 5.97 Å². The molecule has 9 heteroatoms. The number of carbonyl (C=O) groups excluding carboxylic acids is 1. The fourth-order valence-corrected chi connectivity index (χ4v) is 3.69. The Balaban J connectivity index is 0. The normalized spacial score (nSPS) is 16.5. The summed E-state index contributed by atoms with van der Waals surface area (Å²) in [6.45, 7) is 17.2. The minimum absolute atomic E-state index is 0. The Morgan fingerprint density at radius 2 is 1.54 bits per heavy atom.